The molecule has 0 bridgehead atoms. The van der Waals surface area contributed by atoms with E-state index in [4.69, 9.17) is 5.11 Å². The second-order valence-electron chi connectivity index (χ2n) is 4.61. The lowest BCUT2D eigenvalue weighted by Crippen LogP contribution is -2.42. The van der Waals surface area contributed by atoms with E-state index < -0.39 is 0 Å². The molecule has 4 heteroatoms. The van der Waals surface area contributed by atoms with Gasteiger partial charge in [-0.15, -0.1) is 0 Å². The summed E-state index contributed by atoms with van der Waals surface area (Å²) in [5, 5.41) is 22.5. The lowest BCUT2D eigenvalue weighted by atomic mass is 10.00. The molecule has 3 unspecified atom stereocenters. The molecule has 0 aromatic carbocycles. The number of aliphatic hydroxyl groups is 1. The number of hydrogen-bond donors (Lipinski definition) is 2. The first kappa shape index (κ1) is 13.8. The quantitative estimate of drug-likeness (QED) is 0.747. The number of aliphatic hydroxyl groups excluding tert-OH is 1. The van der Waals surface area contributed by atoms with Crippen molar-refractivity contribution in [2.45, 2.75) is 55.6 Å². The molecular weight excluding hydrogens is 220 g/mol. The minimum absolute atomic E-state index is 0.225. The maximum absolute atomic E-state index is 9.28. The maximum Gasteiger partial charge on any atom is 0.107 e. The summed E-state index contributed by atoms with van der Waals surface area (Å²) in [7, 11) is 0. The SMILES string of the molecule is CCCNC1(C#N)CCC(SC(C)CO)C1. The van der Waals surface area contributed by atoms with E-state index in [0.29, 0.717) is 5.25 Å². The largest absolute Gasteiger partial charge is 0.395 e. The molecule has 0 radical (unpaired) electrons. The molecule has 16 heavy (non-hydrogen) atoms. The Morgan fingerprint density at radius 2 is 2.44 bits per heavy atom. The van der Waals surface area contributed by atoms with Gasteiger partial charge in [-0.1, -0.05) is 13.8 Å². The van der Waals surface area contributed by atoms with Crippen LogP contribution in [0.2, 0.25) is 0 Å². The molecule has 0 aromatic rings. The van der Waals surface area contributed by atoms with E-state index in [1.807, 2.05) is 18.7 Å². The Labute approximate surface area is 103 Å². The molecule has 1 fully saturated rings. The molecule has 0 spiro atoms. The van der Waals surface area contributed by atoms with Crippen LogP contribution in [0.5, 0.6) is 0 Å². The summed E-state index contributed by atoms with van der Waals surface area (Å²) in [5.74, 6) is 0. The van der Waals surface area contributed by atoms with Gasteiger partial charge in [-0.25, -0.2) is 0 Å². The predicted octanol–water partition coefficient (Wildman–Crippen LogP) is 1.91. The Balaban J connectivity index is 2.45. The van der Waals surface area contributed by atoms with Crippen LogP contribution < -0.4 is 5.32 Å². The molecule has 1 aliphatic rings. The van der Waals surface area contributed by atoms with Gasteiger partial charge in [-0.3, -0.25) is 5.32 Å². The molecular formula is C12H22N2OS. The van der Waals surface area contributed by atoms with Gasteiger partial charge in [-0.2, -0.15) is 17.0 Å². The van der Waals surface area contributed by atoms with E-state index in [2.05, 4.69) is 18.3 Å². The molecule has 0 aliphatic heterocycles. The van der Waals surface area contributed by atoms with Crippen LogP contribution in [0.25, 0.3) is 0 Å². The standard InChI is InChI=1S/C12H22N2OS/c1-3-6-14-12(9-13)5-4-11(7-12)16-10(2)8-15/h10-11,14-15H,3-8H2,1-2H3. The van der Waals surface area contributed by atoms with Crippen molar-refractivity contribution in [3.05, 3.63) is 0 Å². The number of nitrogens with one attached hydrogen (secondary N) is 1. The maximum atomic E-state index is 9.28. The van der Waals surface area contributed by atoms with Gasteiger partial charge in [0.25, 0.3) is 0 Å². The van der Waals surface area contributed by atoms with Gasteiger partial charge < -0.3 is 5.11 Å². The normalized spacial score (nSPS) is 31.2. The Morgan fingerprint density at radius 3 is 3.00 bits per heavy atom. The van der Waals surface area contributed by atoms with Crippen LogP contribution in [0.3, 0.4) is 0 Å². The highest BCUT2D eigenvalue weighted by Crippen LogP contribution is 2.38. The van der Waals surface area contributed by atoms with Crippen molar-refractivity contribution in [2.75, 3.05) is 13.2 Å². The van der Waals surface area contributed by atoms with Gasteiger partial charge in [0.1, 0.15) is 5.54 Å². The summed E-state index contributed by atoms with van der Waals surface area (Å²) in [6.45, 7) is 5.30. The van der Waals surface area contributed by atoms with E-state index in [1.54, 1.807) is 0 Å². The van der Waals surface area contributed by atoms with Crippen LogP contribution in [-0.2, 0) is 0 Å². The number of thioether (sulfide) groups is 1. The number of rotatable bonds is 6. The first-order valence-corrected chi connectivity index (χ1v) is 7.02. The van der Waals surface area contributed by atoms with Crippen LogP contribution in [0.15, 0.2) is 0 Å². The van der Waals surface area contributed by atoms with Crippen LogP contribution in [0.4, 0.5) is 0 Å². The van der Waals surface area contributed by atoms with Gasteiger partial charge in [-0.05, 0) is 32.2 Å². The van der Waals surface area contributed by atoms with E-state index in [-0.39, 0.29) is 17.4 Å². The van der Waals surface area contributed by atoms with Gasteiger partial charge in [0, 0.05) is 10.5 Å². The number of nitrogens with zero attached hydrogens (tertiary/aromatic N) is 1. The summed E-state index contributed by atoms with van der Waals surface area (Å²) in [6, 6.07) is 2.45. The van der Waals surface area contributed by atoms with Crippen LogP contribution in [0.1, 0.15) is 39.5 Å². The minimum atomic E-state index is -0.303. The van der Waals surface area contributed by atoms with Gasteiger partial charge in [0.15, 0.2) is 0 Å². The van der Waals surface area contributed by atoms with Crippen molar-refractivity contribution in [3.8, 4) is 6.07 Å². The Bertz CT molecular complexity index is 254. The van der Waals surface area contributed by atoms with Crippen molar-refractivity contribution < 1.29 is 5.11 Å². The first-order valence-electron chi connectivity index (χ1n) is 6.08. The van der Waals surface area contributed by atoms with Crippen molar-refractivity contribution in [1.82, 2.24) is 5.32 Å². The molecule has 0 heterocycles. The fourth-order valence-corrected chi connectivity index (χ4v) is 3.53. The van der Waals surface area contributed by atoms with Crippen molar-refractivity contribution >= 4 is 11.8 Å². The molecule has 1 rings (SSSR count). The highest BCUT2D eigenvalue weighted by Gasteiger charge is 2.39. The fourth-order valence-electron chi connectivity index (χ4n) is 2.15. The van der Waals surface area contributed by atoms with Crippen molar-refractivity contribution in [1.29, 1.82) is 5.26 Å². The van der Waals surface area contributed by atoms with Gasteiger partial charge in [0.05, 0.1) is 12.7 Å². The summed E-state index contributed by atoms with van der Waals surface area (Å²) < 4.78 is 0. The highest BCUT2D eigenvalue weighted by atomic mass is 32.2. The van der Waals surface area contributed by atoms with Gasteiger partial charge >= 0.3 is 0 Å². The zero-order valence-electron chi connectivity index (χ0n) is 10.2. The molecule has 92 valence electrons. The smallest absolute Gasteiger partial charge is 0.107 e. The number of hydrogen-bond acceptors (Lipinski definition) is 4. The average Bonchev–Trinajstić information content (AvgIpc) is 2.70. The third-order valence-corrected chi connectivity index (χ3v) is 4.48. The second kappa shape index (κ2) is 6.48. The molecule has 0 aromatic heterocycles. The zero-order valence-corrected chi connectivity index (χ0v) is 11.0. The molecule has 1 saturated carbocycles. The van der Waals surface area contributed by atoms with Crippen molar-refractivity contribution in [3.63, 3.8) is 0 Å². The van der Waals surface area contributed by atoms with Crippen molar-refractivity contribution in [2.24, 2.45) is 0 Å². The summed E-state index contributed by atoms with van der Waals surface area (Å²) in [6.07, 6.45) is 4.01. The number of nitriles is 1. The summed E-state index contributed by atoms with van der Waals surface area (Å²) in [4.78, 5) is 0. The fraction of sp³-hybridized carbons (Fsp3) is 0.917. The highest BCUT2D eigenvalue weighted by molar-refractivity contribution is 8.00. The Morgan fingerprint density at radius 1 is 1.69 bits per heavy atom. The monoisotopic (exact) mass is 242 g/mol. The summed E-state index contributed by atoms with van der Waals surface area (Å²) in [5.41, 5.74) is -0.303. The second-order valence-corrected chi connectivity index (χ2v) is 6.36. The lowest BCUT2D eigenvalue weighted by Gasteiger charge is -2.23. The Kier molecular flexibility index (Phi) is 5.60. The predicted molar refractivity (Wildman–Crippen MR) is 68.4 cm³/mol. The first-order chi connectivity index (χ1) is 7.65. The minimum Gasteiger partial charge on any atom is -0.395 e. The molecule has 1 aliphatic carbocycles. The van der Waals surface area contributed by atoms with Crippen LogP contribution >= 0.6 is 11.8 Å². The molecule has 3 nitrogen and oxygen atoms in total. The van der Waals surface area contributed by atoms with Crippen LogP contribution in [0, 0.1) is 11.3 Å². The van der Waals surface area contributed by atoms with Gasteiger partial charge in [0.2, 0.25) is 0 Å². The summed E-state index contributed by atoms with van der Waals surface area (Å²) >= 11 is 1.82. The molecule has 0 amide bonds. The van der Waals surface area contributed by atoms with E-state index >= 15 is 0 Å². The zero-order chi connectivity index (χ0) is 12.0. The lowest BCUT2D eigenvalue weighted by molar-refractivity contribution is 0.299. The molecule has 2 N–H and O–H groups in total. The third-order valence-electron chi connectivity index (χ3n) is 3.08. The molecule has 3 atom stereocenters. The third kappa shape index (κ3) is 3.65. The topological polar surface area (TPSA) is 56.0 Å². The molecule has 0 saturated heterocycles. The van der Waals surface area contributed by atoms with E-state index in [9.17, 15) is 5.26 Å². The van der Waals surface area contributed by atoms with E-state index in [1.165, 1.54) is 0 Å². The van der Waals surface area contributed by atoms with Crippen LogP contribution in [-0.4, -0.2) is 34.3 Å². The average molecular weight is 242 g/mol. The Hall–Kier alpha value is -0.240. The van der Waals surface area contributed by atoms with E-state index in [0.717, 1.165) is 32.2 Å².